The molecule has 2 aromatic carbocycles. The van der Waals surface area contributed by atoms with E-state index in [4.69, 9.17) is 14.2 Å². The van der Waals surface area contributed by atoms with Crippen molar-refractivity contribution >= 4 is 11.7 Å². The van der Waals surface area contributed by atoms with Crippen molar-refractivity contribution in [1.29, 1.82) is 0 Å². The minimum atomic E-state index is -0.281. The van der Waals surface area contributed by atoms with Crippen LogP contribution < -0.4 is 24.8 Å². The SMILES string of the molecule is COc1cc(CNC(=O)Nc2ccc(C(C)C)cc2)cc(OC)c1OC. The molecule has 0 heterocycles. The number of hydrogen-bond acceptors (Lipinski definition) is 4. The maximum Gasteiger partial charge on any atom is 0.319 e. The molecule has 0 saturated heterocycles. The number of urea groups is 1. The number of hydrogen-bond donors (Lipinski definition) is 2. The zero-order chi connectivity index (χ0) is 19.1. The van der Waals surface area contributed by atoms with Crippen LogP contribution in [0.4, 0.5) is 10.5 Å². The lowest BCUT2D eigenvalue weighted by Gasteiger charge is -2.14. The fraction of sp³-hybridized carbons (Fsp3) is 0.350. The molecule has 0 radical (unpaired) electrons. The van der Waals surface area contributed by atoms with Crippen LogP contribution in [-0.4, -0.2) is 27.4 Å². The van der Waals surface area contributed by atoms with Gasteiger partial charge in [-0.25, -0.2) is 4.79 Å². The Bertz CT molecular complexity index is 717. The summed E-state index contributed by atoms with van der Waals surface area (Å²) in [6.45, 7) is 4.59. The monoisotopic (exact) mass is 358 g/mol. The van der Waals surface area contributed by atoms with Crippen LogP contribution in [0.3, 0.4) is 0 Å². The second-order valence-electron chi connectivity index (χ2n) is 6.12. The van der Waals surface area contributed by atoms with Crippen LogP contribution in [0.5, 0.6) is 17.2 Å². The van der Waals surface area contributed by atoms with Crippen molar-refractivity contribution in [1.82, 2.24) is 5.32 Å². The average Bonchev–Trinajstić information content (AvgIpc) is 2.65. The summed E-state index contributed by atoms with van der Waals surface area (Å²) in [7, 11) is 4.67. The molecule has 0 spiro atoms. The van der Waals surface area contributed by atoms with E-state index in [1.165, 1.54) is 5.56 Å². The Morgan fingerprint density at radius 1 is 0.962 bits per heavy atom. The number of benzene rings is 2. The van der Waals surface area contributed by atoms with E-state index >= 15 is 0 Å². The lowest BCUT2D eigenvalue weighted by molar-refractivity contribution is 0.251. The molecule has 0 bridgehead atoms. The fourth-order valence-corrected chi connectivity index (χ4v) is 2.55. The van der Waals surface area contributed by atoms with Crippen LogP contribution in [0.2, 0.25) is 0 Å². The van der Waals surface area contributed by atoms with E-state index < -0.39 is 0 Å². The Hall–Kier alpha value is -2.89. The molecule has 140 valence electrons. The van der Waals surface area contributed by atoms with Crippen LogP contribution in [0.15, 0.2) is 36.4 Å². The van der Waals surface area contributed by atoms with Crippen molar-refractivity contribution in [2.45, 2.75) is 26.3 Å². The summed E-state index contributed by atoms with van der Waals surface area (Å²) in [5.41, 5.74) is 2.81. The molecule has 0 fully saturated rings. The van der Waals surface area contributed by atoms with Gasteiger partial charge in [-0.05, 0) is 41.3 Å². The molecule has 26 heavy (non-hydrogen) atoms. The van der Waals surface area contributed by atoms with E-state index in [2.05, 4.69) is 24.5 Å². The third-order valence-electron chi connectivity index (χ3n) is 4.01. The van der Waals surface area contributed by atoms with E-state index in [-0.39, 0.29) is 6.03 Å². The van der Waals surface area contributed by atoms with Crippen LogP contribution in [-0.2, 0) is 6.54 Å². The van der Waals surface area contributed by atoms with Gasteiger partial charge in [0, 0.05) is 12.2 Å². The summed E-state index contributed by atoms with van der Waals surface area (Å²) >= 11 is 0. The van der Waals surface area contributed by atoms with Gasteiger partial charge in [0.05, 0.1) is 21.3 Å². The average molecular weight is 358 g/mol. The zero-order valence-electron chi connectivity index (χ0n) is 15.9. The molecule has 0 saturated carbocycles. The summed E-state index contributed by atoms with van der Waals surface area (Å²) in [6, 6.07) is 11.1. The smallest absolute Gasteiger partial charge is 0.319 e. The molecule has 2 rings (SSSR count). The van der Waals surface area contributed by atoms with E-state index in [1.807, 2.05) is 24.3 Å². The van der Waals surface area contributed by atoms with Gasteiger partial charge in [-0.3, -0.25) is 0 Å². The van der Waals surface area contributed by atoms with Crippen LogP contribution in [0, 0.1) is 0 Å². The molecule has 2 N–H and O–H groups in total. The molecule has 6 heteroatoms. The standard InChI is InChI=1S/C20H26N2O4/c1-13(2)15-6-8-16(9-7-15)22-20(23)21-12-14-10-17(24-3)19(26-5)18(11-14)25-4/h6-11,13H,12H2,1-5H3,(H2,21,22,23). The van der Waals surface area contributed by atoms with Crippen LogP contribution >= 0.6 is 0 Å². The van der Waals surface area contributed by atoms with Crippen LogP contribution in [0.1, 0.15) is 30.9 Å². The molecule has 0 aliphatic rings. The number of anilines is 1. The predicted octanol–water partition coefficient (Wildman–Crippen LogP) is 4.16. The van der Waals surface area contributed by atoms with Crippen molar-refractivity contribution in [3.05, 3.63) is 47.5 Å². The van der Waals surface area contributed by atoms with Crippen molar-refractivity contribution < 1.29 is 19.0 Å². The number of ether oxygens (including phenoxy) is 3. The molecule has 0 aliphatic carbocycles. The van der Waals surface area contributed by atoms with Crippen molar-refractivity contribution in [3.63, 3.8) is 0 Å². The first-order valence-corrected chi connectivity index (χ1v) is 8.42. The lowest BCUT2D eigenvalue weighted by Crippen LogP contribution is -2.28. The molecule has 0 aliphatic heterocycles. The first-order chi connectivity index (χ1) is 12.5. The molecule has 2 amide bonds. The summed E-state index contributed by atoms with van der Waals surface area (Å²) < 4.78 is 15.9. The Labute approximate surface area is 154 Å². The molecule has 0 unspecified atom stereocenters. The number of carbonyl (C=O) groups excluding carboxylic acids is 1. The van der Waals surface area contributed by atoms with Gasteiger partial charge in [0.15, 0.2) is 11.5 Å². The third kappa shape index (κ3) is 4.81. The second kappa shape index (κ2) is 8.99. The Morgan fingerprint density at radius 2 is 1.54 bits per heavy atom. The Morgan fingerprint density at radius 3 is 2.00 bits per heavy atom. The van der Waals surface area contributed by atoms with Gasteiger partial charge < -0.3 is 24.8 Å². The van der Waals surface area contributed by atoms with E-state index in [0.29, 0.717) is 29.7 Å². The normalized spacial score (nSPS) is 10.4. The first kappa shape index (κ1) is 19.4. The van der Waals surface area contributed by atoms with Gasteiger partial charge in [0.2, 0.25) is 5.75 Å². The van der Waals surface area contributed by atoms with E-state index in [9.17, 15) is 4.79 Å². The van der Waals surface area contributed by atoms with Gasteiger partial charge in [-0.15, -0.1) is 0 Å². The number of nitrogens with one attached hydrogen (secondary N) is 2. The Kier molecular flexibility index (Phi) is 6.72. The minimum Gasteiger partial charge on any atom is -0.493 e. The molecule has 6 nitrogen and oxygen atoms in total. The second-order valence-corrected chi connectivity index (χ2v) is 6.12. The lowest BCUT2D eigenvalue weighted by atomic mass is 10.0. The topological polar surface area (TPSA) is 68.8 Å². The van der Waals surface area contributed by atoms with E-state index in [1.54, 1.807) is 33.5 Å². The van der Waals surface area contributed by atoms with Gasteiger partial charge in [0.25, 0.3) is 0 Å². The van der Waals surface area contributed by atoms with Gasteiger partial charge in [0.1, 0.15) is 0 Å². The molecule has 0 atom stereocenters. The summed E-state index contributed by atoms with van der Waals surface area (Å²) in [5.74, 6) is 2.08. The van der Waals surface area contributed by atoms with Gasteiger partial charge in [-0.1, -0.05) is 26.0 Å². The Balaban J connectivity index is 2.00. The fourth-order valence-electron chi connectivity index (χ4n) is 2.55. The number of amides is 2. The van der Waals surface area contributed by atoms with Crippen molar-refractivity contribution in [2.24, 2.45) is 0 Å². The number of carbonyl (C=O) groups is 1. The summed E-state index contributed by atoms with van der Waals surface area (Å²) in [5, 5.41) is 5.64. The highest BCUT2D eigenvalue weighted by Crippen LogP contribution is 2.38. The van der Waals surface area contributed by atoms with Crippen molar-refractivity contribution in [2.75, 3.05) is 26.6 Å². The highest BCUT2D eigenvalue weighted by Gasteiger charge is 2.13. The highest BCUT2D eigenvalue weighted by atomic mass is 16.5. The largest absolute Gasteiger partial charge is 0.493 e. The maximum absolute atomic E-state index is 12.1. The maximum atomic E-state index is 12.1. The highest BCUT2D eigenvalue weighted by molar-refractivity contribution is 5.89. The molecule has 0 aromatic heterocycles. The predicted molar refractivity (Wildman–Crippen MR) is 102 cm³/mol. The summed E-state index contributed by atoms with van der Waals surface area (Å²) in [4.78, 5) is 12.1. The first-order valence-electron chi connectivity index (χ1n) is 8.42. The number of rotatable bonds is 7. The quantitative estimate of drug-likeness (QED) is 0.780. The number of methoxy groups -OCH3 is 3. The van der Waals surface area contributed by atoms with E-state index in [0.717, 1.165) is 11.3 Å². The van der Waals surface area contributed by atoms with Gasteiger partial charge >= 0.3 is 6.03 Å². The molecule has 2 aromatic rings. The van der Waals surface area contributed by atoms with Gasteiger partial charge in [-0.2, -0.15) is 0 Å². The third-order valence-corrected chi connectivity index (χ3v) is 4.01. The summed E-state index contributed by atoms with van der Waals surface area (Å²) in [6.07, 6.45) is 0. The van der Waals surface area contributed by atoms with Crippen LogP contribution in [0.25, 0.3) is 0 Å². The molecular weight excluding hydrogens is 332 g/mol. The zero-order valence-corrected chi connectivity index (χ0v) is 15.9. The molecular formula is C20H26N2O4. The van der Waals surface area contributed by atoms with Crippen molar-refractivity contribution in [3.8, 4) is 17.2 Å². The minimum absolute atomic E-state index is 0.281.